The summed E-state index contributed by atoms with van der Waals surface area (Å²) in [5.41, 5.74) is 3.38. The van der Waals surface area contributed by atoms with E-state index in [1.807, 2.05) is 31.3 Å². The van der Waals surface area contributed by atoms with Crippen molar-refractivity contribution < 1.29 is 4.79 Å². The molecule has 3 atom stereocenters. The van der Waals surface area contributed by atoms with E-state index in [1.54, 1.807) is 0 Å². The minimum absolute atomic E-state index is 0.411. The maximum atomic E-state index is 10.8. The van der Waals surface area contributed by atoms with Gasteiger partial charge in [0.2, 0.25) is 0 Å². The highest BCUT2D eigenvalue weighted by atomic mass is 16.1. The highest BCUT2D eigenvalue weighted by molar-refractivity contribution is 5.75. The Kier molecular flexibility index (Phi) is 12.1. The smallest absolute Gasteiger partial charge is 0.150 e. The number of likely N-dealkylation sites (N-methyl/N-ethyl adjacent to an activating group) is 1. The Bertz CT molecular complexity index is 657. The third kappa shape index (κ3) is 9.29. The van der Waals surface area contributed by atoms with Gasteiger partial charge in [0.05, 0.1) is 0 Å². The summed E-state index contributed by atoms with van der Waals surface area (Å²) in [4.78, 5) is 10.8. The molecule has 0 radical (unpaired) electrons. The average Bonchev–Trinajstić information content (AvgIpc) is 2.76. The molecule has 2 rings (SSSR count). The summed E-state index contributed by atoms with van der Waals surface area (Å²) >= 11 is 0. The normalized spacial score (nSPS) is 13.8. The summed E-state index contributed by atoms with van der Waals surface area (Å²) in [6, 6.07) is 18.8. The van der Waals surface area contributed by atoms with Crippen molar-refractivity contribution >= 4 is 6.29 Å². The molecule has 2 aromatic carbocycles. The molecule has 0 saturated heterocycles. The Morgan fingerprint density at radius 2 is 1.71 bits per heavy atom. The molecular weight excluding hydrogens is 344 g/mol. The van der Waals surface area contributed by atoms with Crippen LogP contribution in [-0.2, 0) is 6.42 Å². The molecule has 154 valence electrons. The molecule has 0 aliphatic heterocycles. The zero-order valence-corrected chi connectivity index (χ0v) is 18.2. The SMILES string of the molecule is CCC(C)CNC(C)C(C)c1cccc(C=O)c1.CNCCc1ccccc1. The van der Waals surface area contributed by atoms with Gasteiger partial charge in [0, 0.05) is 11.6 Å². The number of rotatable bonds is 10. The first-order valence-electron chi connectivity index (χ1n) is 10.5. The topological polar surface area (TPSA) is 41.1 Å². The Balaban J connectivity index is 0.000000330. The Morgan fingerprint density at radius 1 is 1.00 bits per heavy atom. The molecule has 0 fully saturated rings. The van der Waals surface area contributed by atoms with Gasteiger partial charge >= 0.3 is 0 Å². The van der Waals surface area contributed by atoms with Crippen molar-refractivity contribution in [1.29, 1.82) is 0 Å². The van der Waals surface area contributed by atoms with Gasteiger partial charge < -0.3 is 10.6 Å². The maximum Gasteiger partial charge on any atom is 0.150 e. The second kappa shape index (κ2) is 14.1. The van der Waals surface area contributed by atoms with Gasteiger partial charge in [-0.15, -0.1) is 0 Å². The molecule has 3 unspecified atom stereocenters. The zero-order chi connectivity index (χ0) is 20.8. The molecule has 0 amide bonds. The van der Waals surface area contributed by atoms with Gasteiger partial charge in [-0.05, 0) is 62.5 Å². The van der Waals surface area contributed by atoms with Crippen molar-refractivity contribution in [3.05, 3.63) is 71.3 Å². The number of nitrogens with one attached hydrogen (secondary N) is 2. The van der Waals surface area contributed by atoms with Crippen LogP contribution in [0.5, 0.6) is 0 Å². The van der Waals surface area contributed by atoms with E-state index >= 15 is 0 Å². The van der Waals surface area contributed by atoms with E-state index in [0.717, 1.165) is 31.4 Å². The quantitative estimate of drug-likeness (QED) is 0.563. The largest absolute Gasteiger partial charge is 0.319 e. The monoisotopic (exact) mass is 382 g/mol. The first-order valence-corrected chi connectivity index (χ1v) is 10.5. The van der Waals surface area contributed by atoms with Gasteiger partial charge in [0.1, 0.15) is 6.29 Å². The van der Waals surface area contributed by atoms with E-state index < -0.39 is 0 Å². The molecule has 0 aromatic heterocycles. The molecule has 0 spiro atoms. The maximum absolute atomic E-state index is 10.8. The van der Waals surface area contributed by atoms with E-state index in [2.05, 4.69) is 68.7 Å². The van der Waals surface area contributed by atoms with Crippen LogP contribution in [0, 0.1) is 5.92 Å². The first kappa shape index (κ1) is 24.1. The molecule has 0 heterocycles. The van der Waals surface area contributed by atoms with E-state index in [4.69, 9.17) is 0 Å². The summed E-state index contributed by atoms with van der Waals surface area (Å²) in [7, 11) is 1.98. The summed E-state index contributed by atoms with van der Waals surface area (Å²) in [5.74, 6) is 1.12. The number of aldehydes is 1. The van der Waals surface area contributed by atoms with E-state index in [-0.39, 0.29) is 0 Å². The molecule has 3 heteroatoms. The fraction of sp³-hybridized carbons (Fsp3) is 0.480. The molecule has 2 N–H and O–H groups in total. The summed E-state index contributed by atoms with van der Waals surface area (Å²) in [6.45, 7) is 11.0. The van der Waals surface area contributed by atoms with Crippen LogP contribution in [0.2, 0.25) is 0 Å². The fourth-order valence-electron chi connectivity index (χ4n) is 2.83. The Labute approximate surface area is 171 Å². The van der Waals surface area contributed by atoms with Gasteiger partial charge in [-0.2, -0.15) is 0 Å². The van der Waals surface area contributed by atoms with Gasteiger partial charge in [-0.25, -0.2) is 0 Å². The van der Waals surface area contributed by atoms with Gasteiger partial charge in [0.15, 0.2) is 0 Å². The number of carbonyl (C=O) groups is 1. The molecule has 0 aliphatic carbocycles. The molecule has 0 saturated carbocycles. The van der Waals surface area contributed by atoms with Crippen molar-refractivity contribution in [1.82, 2.24) is 10.6 Å². The Morgan fingerprint density at radius 3 is 2.32 bits per heavy atom. The Hall–Kier alpha value is -1.97. The van der Waals surface area contributed by atoms with Crippen LogP contribution in [0.25, 0.3) is 0 Å². The zero-order valence-electron chi connectivity index (χ0n) is 18.2. The second-order valence-electron chi connectivity index (χ2n) is 7.63. The summed E-state index contributed by atoms with van der Waals surface area (Å²) in [6.07, 6.45) is 3.24. The van der Waals surface area contributed by atoms with Crippen LogP contribution in [0.4, 0.5) is 0 Å². The minimum atomic E-state index is 0.411. The third-order valence-electron chi connectivity index (χ3n) is 5.31. The standard InChI is InChI=1S/C16H25NO.C9H13N/c1-5-12(2)10-17-14(4)13(3)16-8-6-7-15(9-16)11-18;1-10-8-7-9-5-3-2-4-6-9/h6-9,11-14,17H,5,10H2,1-4H3;2-6,10H,7-8H2,1H3. The molecule has 28 heavy (non-hydrogen) atoms. The van der Waals surface area contributed by atoms with Crippen molar-refractivity contribution in [3.63, 3.8) is 0 Å². The fourth-order valence-corrected chi connectivity index (χ4v) is 2.83. The second-order valence-corrected chi connectivity index (χ2v) is 7.63. The van der Waals surface area contributed by atoms with E-state index in [0.29, 0.717) is 17.9 Å². The van der Waals surface area contributed by atoms with Crippen LogP contribution in [0.15, 0.2) is 54.6 Å². The lowest BCUT2D eigenvalue weighted by Gasteiger charge is -2.23. The van der Waals surface area contributed by atoms with Crippen molar-refractivity contribution in [2.24, 2.45) is 5.92 Å². The van der Waals surface area contributed by atoms with Crippen molar-refractivity contribution in [3.8, 4) is 0 Å². The number of hydrogen-bond donors (Lipinski definition) is 2. The van der Waals surface area contributed by atoms with Crippen molar-refractivity contribution in [2.45, 2.75) is 52.5 Å². The molecule has 0 aliphatic rings. The highest BCUT2D eigenvalue weighted by Crippen LogP contribution is 2.20. The third-order valence-corrected chi connectivity index (χ3v) is 5.31. The lowest BCUT2D eigenvalue weighted by molar-refractivity contribution is 0.112. The van der Waals surface area contributed by atoms with Gasteiger partial charge in [-0.1, -0.05) is 75.7 Å². The molecule has 0 bridgehead atoms. The van der Waals surface area contributed by atoms with Crippen LogP contribution < -0.4 is 10.6 Å². The summed E-state index contributed by atoms with van der Waals surface area (Å²) in [5, 5.41) is 6.70. The molecular formula is C25H38N2O. The van der Waals surface area contributed by atoms with Crippen LogP contribution >= 0.6 is 0 Å². The average molecular weight is 383 g/mol. The van der Waals surface area contributed by atoms with Crippen LogP contribution in [0.1, 0.15) is 61.5 Å². The highest BCUT2D eigenvalue weighted by Gasteiger charge is 2.14. The lowest BCUT2D eigenvalue weighted by atomic mass is 9.93. The first-order chi connectivity index (χ1) is 13.5. The minimum Gasteiger partial charge on any atom is -0.319 e. The van der Waals surface area contributed by atoms with Crippen LogP contribution in [0.3, 0.4) is 0 Å². The number of carbonyl (C=O) groups excluding carboxylic acids is 1. The predicted molar refractivity (Wildman–Crippen MR) is 121 cm³/mol. The molecule has 3 nitrogen and oxygen atoms in total. The van der Waals surface area contributed by atoms with E-state index in [1.165, 1.54) is 17.5 Å². The summed E-state index contributed by atoms with van der Waals surface area (Å²) < 4.78 is 0. The molecule has 2 aromatic rings. The number of hydrogen-bond acceptors (Lipinski definition) is 3. The van der Waals surface area contributed by atoms with Gasteiger partial charge in [-0.3, -0.25) is 4.79 Å². The van der Waals surface area contributed by atoms with E-state index in [9.17, 15) is 4.79 Å². The van der Waals surface area contributed by atoms with Crippen LogP contribution in [-0.4, -0.2) is 32.5 Å². The predicted octanol–water partition coefficient (Wildman–Crippen LogP) is 5.08. The lowest BCUT2D eigenvalue weighted by Crippen LogP contribution is -2.34. The van der Waals surface area contributed by atoms with Crippen molar-refractivity contribution in [2.75, 3.05) is 20.1 Å². The number of benzene rings is 2. The van der Waals surface area contributed by atoms with Gasteiger partial charge in [0.25, 0.3) is 0 Å².